The van der Waals surface area contributed by atoms with Crippen LogP contribution in [-0.4, -0.2) is 24.0 Å². The average Bonchev–Trinajstić information content (AvgIpc) is 2.81. The molecule has 0 bridgehead atoms. The lowest BCUT2D eigenvalue weighted by Crippen LogP contribution is -2.39. The number of aromatic nitrogens is 1. The highest BCUT2D eigenvalue weighted by Crippen LogP contribution is 2.30. The van der Waals surface area contributed by atoms with Crippen LogP contribution in [0.4, 0.5) is 13.2 Å². The molecule has 0 spiro atoms. The van der Waals surface area contributed by atoms with Crippen molar-refractivity contribution in [1.82, 2.24) is 15.6 Å². The molecule has 4 nitrogen and oxygen atoms in total. The first kappa shape index (κ1) is 20.4. The van der Waals surface area contributed by atoms with Crippen molar-refractivity contribution < 1.29 is 13.2 Å². The van der Waals surface area contributed by atoms with Crippen molar-refractivity contribution in [3.05, 3.63) is 16.1 Å². The van der Waals surface area contributed by atoms with Crippen LogP contribution in [0, 0.1) is 5.92 Å². The standard InChI is InChI=1S/C12H19F3N4S.HI/c1-4-16-11(17-5-8(2)3)18-6-10-19-9(7-20-10)12(13,14)15;/h7-8H,4-6H2,1-3H3,(H2,16,17,18);1H. The predicted molar refractivity (Wildman–Crippen MR) is 90.2 cm³/mol. The maximum Gasteiger partial charge on any atom is 0.434 e. The molecular weight excluding hydrogens is 416 g/mol. The lowest BCUT2D eigenvalue weighted by molar-refractivity contribution is -0.140. The number of aliphatic imine (C=N–C) groups is 1. The molecule has 0 atom stereocenters. The van der Waals surface area contributed by atoms with E-state index in [0.29, 0.717) is 23.4 Å². The molecule has 1 aromatic heterocycles. The van der Waals surface area contributed by atoms with E-state index in [-0.39, 0.29) is 30.5 Å². The van der Waals surface area contributed by atoms with Crippen molar-refractivity contribution >= 4 is 41.3 Å². The summed E-state index contributed by atoms with van der Waals surface area (Å²) in [5.41, 5.74) is -0.854. The predicted octanol–water partition coefficient (Wildman–Crippen LogP) is 3.49. The molecule has 1 aromatic rings. The monoisotopic (exact) mass is 436 g/mol. The molecular formula is C12H20F3IN4S. The summed E-state index contributed by atoms with van der Waals surface area (Å²) >= 11 is 0.967. The first-order chi connectivity index (χ1) is 9.32. The second-order valence-corrected chi connectivity index (χ2v) is 5.54. The minimum Gasteiger partial charge on any atom is -0.357 e. The Morgan fingerprint density at radius 1 is 1.38 bits per heavy atom. The summed E-state index contributed by atoms with van der Waals surface area (Å²) in [4.78, 5) is 7.77. The van der Waals surface area contributed by atoms with Crippen molar-refractivity contribution in [2.75, 3.05) is 13.1 Å². The average molecular weight is 436 g/mol. The van der Waals surface area contributed by atoms with Gasteiger partial charge in [-0.1, -0.05) is 13.8 Å². The van der Waals surface area contributed by atoms with Crippen LogP contribution in [0.1, 0.15) is 31.5 Å². The van der Waals surface area contributed by atoms with Crippen molar-refractivity contribution in [2.24, 2.45) is 10.9 Å². The molecule has 0 aromatic carbocycles. The van der Waals surface area contributed by atoms with Gasteiger partial charge < -0.3 is 10.6 Å². The molecule has 122 valence electrons. The second-order valence-electron chi connectivity index (χ2n) is 4.59. The number of nitrogens with zero attached hydrogens (tertiary/aromatic N) is 2. The summed E-state index contributed by atoms with van der Waals surface area (Å²) in [5.74, 6) is 1.04. The molecule has 0 radical (unpaired) electrons. The summed E-state index contributed by atoms with van der Waals surface area (Å²) in [6.07, 6.45) is -4.39. The minimum absolute atomic E-state index is 0. The van der Waals surface area contributed by atoms with Crippen molar-refractivity contribution in [2.45, 2.75) is 33.5 Å². The summed E-state index contributed by atoms with van der Waals surface area (Å²) in [7, 11) is 0. The van der Waals surface area contributed by atoms with E-state index in [0.717, 1.165) is 23.3 Å². The van der Waals surface area contributed by atoms with Crippen molar-refractivity contribution in [1.29, 1.82) is 0 Å². The van der Waals surface area contributed by atoms with Gasteiger partial charge in [0.15, 0.2) is 11.7 Å². The number of thiazole rings is 1. The molecule has 0 saturated carbocycles. The molecule has 1 heterocycles. The van der Waals surface area contributed by atoms with E-state index in [4.69, 9.17) is 0 Å². The quantitative estimate of drug-likeness (QED) is 0.422. The zero-order valence-electron chi connectivity index (χ0n) is 12.1. The topological polar surface area (TPSA) is 49.3 Å². The van der Waals surface area contributed by atoms with Crippen LogP contribution in [0.5, 0.6) is 0 Å². The van der Waals surface area contributed by atoms with Crippen LogP contribution in [0.25, 0.3) is 0 Å². The van der Waals surface area contributed by atoms with Gasteiger partial charge in [-0.05, 0) is 12.8 Å². The number of guanidine groups is 1. The number of hydrogen-bond donors (Lipinski definition) is 2. The third-order valence-corrected chi connectivity index (χ3v) is 3.07. The van der Waals surface area contributed by atoms with Gasteiger partial charge in [0.25, 0.3) is 0 Å². The Morgan fingerprint density at radius 3 is 2.52 bits per heavy atom. The highest BCUT2D eigenvalue weighted by Gasteiger charge is 2.33. The second kappa shape index (κ2) is 9.44. The maximum absolute atomic E-state index is 12.4. The minimum atomic E-state index is -4.39. The Bertz CT molecular complexity index is 446. The summed E-state index contributed by atoms with van der Waals surface area (Å²) in [5, 5.41) is 7.52. The van der Waals surface area contributed by atoms with E-state index in [1.54, 1.807) is 0 Å². The summed E-state index contributed by atoms with van der Waals surface area (Å²) < 4.78 is 37.2. The SMILES string of the molecule is CCNC(=NCc1nc(C(F)(F)F)cs1)NCC(C)C.I. The normalized spacial score (nSPS) is 12.2. The van der Waals surface area contributed by atoms with Crippen LogP contribution < -0.4 is 10.6 Å². The first-order valence-electron chi connectivity index (χ1n) is 6.36. The van der Waals surface area contributed by atoms with E-state index < -0.39 is 11.9 Å². The number of rotatable bonds is 5. The van der Waals surface area contributed by atoms with Crippen LogP contribution in [0.15, 0.2) is 10.4 Å². The molecule has 0 aliphatic heterocycles. The van der Waals surface area contributed by atoms with Gasteiger partial charge in [0, 0.05) is 18.5 Å². The van der Waals surface area contributed by atoms with Gasteiger partial charge in [0.05, 0.1) is 6.54 Å². The molecule has 0 unspecified atom stereocenters. The van der Waals surface area contributed by atoms with Gasteiger partial charge >= 0.3 is 6.18 Å². The van der Waals surface area contributed by atoms with Gasteiger partial charge in [-0.25, -0.2) is 9.98 Å². The molecule has 0 fully saturated rings. The zero-order valence-corrected chi connectivity index (χ0v) is 15.3. The van der Waals surface area contributed by atoms with Gasteiger partial charge in [-0.15, -0.1) is 35.3 Å². The third-order valence-electron chi connectivity index (χ3n) is 2.24. The molecule has 0 saturated heterocycles. The smallest absolute Gasteiger partial charge is 0.357 e. The molecule has 0 amide bonds. The molecule has 1 rings (SSSR count). The lowest BCUT2D eigenvalue weighted by atomic mass is 10.2. The largest absolute Gasteiger partial charge is 0.434 e. The van der Waals surface area contributed by atoms with Crippen LogP contribution in [-0.2, 0) is 12.7 Å². The Hall–Kier alpha value is -0.580. The number of alkyl halides is 3. The Labute approximate surface area is 143 Å². The third kappa shape index (κ3) is 7.84. The molecule has 21 heavy (non-hydrogen) atoms. The number of hydrogen-bond acceptors (Lipinski definition) is 3. The Morgan fingerprint density at radius 2 is 2.05 bits per heavy atom. The number of halogens is 4. The fourth-order valence-electron chi connectivity index (χ4n) is 1.30. The van der Waals surface area contributed by atoms with Gasteiger partial charge in [-0.3, -0.25) is 0 Å². The maximum atomic E-state index is 12.4. The summed E-state index contributed by atoms with van der Waals surface area (Å²) in [6.45, 7) is 7.62. The van der Waals surface area contributed by atoms with E-state index in [1.807, 2.05) is 6.92 Å². The molecule has 0 aliphatic carbocycles. The van der Waals surface area contributed by atoms with E-state index in [9.17, 15) is 13.2 Å². The van der Waals surface area contributed by atoms with E-state index in [2.05, 4.69) is 34.5 Å². The van der Waals surface area contributed by atoms with Crippen molar-refractivity contribution in [3.63, 3.8) is 0 Å². The van der Waals surface area contributed by atoms with Crippen LogP contribution >= 0.6 is 35.3 Å². The Kier molecular flexibility index (Phi) is 9.18. The van der Waals surface area contributed by atoms with E-state index >= 15 is 0 Å². The highest BCUT2D eigenvalue weighted by atomic mass is 127. The number of nitrogens with one attached hydrogen (secondary N) is 2. The van der Waals surface area contributed by atoms with E-state index in [1.165, 1.54) is 0 Å². The van der Waals surface area contributed by atoms with Gasteiger partial charge in [0.1, 0.15) is 5.01 Å². The fourth-order valence-corrected chi connectivity index (χ4v) is 2.03. The van der Waals surface area contributed by atoms with Gasteiger partial charge in [-0.2, -0.15) is 13.2 Å². The summed E-state index contributed by atoms with van der Waals surface area (Å²) in [6, 6.07) is 0. The highest BCUT2D eigenvalue weighted by molar-refractivity contribution is 14.0. The first-order valence-corrected chi connectivity index (χ1v) is 7.24. The van der Waals surface area contributed by atoms with Crippen LogP contribution in [0.2, 0.25) is 0 Å². The van der Waals surface area contributed by atoms with Crippen molar-refractivity contribution in [3.8, 4) is 0 Å². The molecule has 2 N–H and O–H groups in total. The van der Waals surface area contributed by atoms with Gasteiger partial charge in [0.2, 0.25) is 0 Å². The fraction of sp³-hybridized carbons (Fsp3) is 0.667. The molecule has 0 aliphatic rings. The zero-order chi connectivity index (χ0) is 15.2. The Balaban J connectivity index is 0.00000400. The lowest BCUT2D eigenvalue weighted by Gasteiger charge is -2.12. The van der Waals surface area contributed by atoms with Crippen LogP contribution in [0.3, 0.4) is 0 Å². The molecule has 9 heteroatoms.